The molecule has 0 saturated heterocycles. The predicted molar refractivity (Wildman–Crippen MR) is 58.8 cm³/mol. The van der Waals surface area contributed by atoms with Crippen LogP contribution in [0.1, 0.15) is 40.5 Å². The molecular weight excluding hydrogens is 158 g/mol. The lowest BCUT2D eigenvalue weighted by atomic mass is 9.87. The number of hydrogen-bond donors (Lipinski definition) is 1. The van der Waals surface area contributed by atoms with E-state index in [4.69, 9.17) is 0 Å². The lowest BCUT2D eigenvalue weighted by Gasteiger charge is -2.18. The van der Waals surface area contributed by atoms with E-state index < -0.39 is 0 Å². The van der Waals surface area contributed by atoms with Gasteiger partial charge in [-0.1, -0.05) is 38.8 Å². The Hall–Kier alpha value is -0.300. The summed E-state index contributed by atoms with van der Waals surface area (Å²) in [5.41, 5.74) is 3.42. The normalized spacial score (nSPS) is 19.8. The molecule has 0 spiro atoms. The van der Waals surface area contributed by atoms with Crippen LogP contribution >= 0.6 is 0 Å². The highest BCUT2D eigenvalue weighted by molar-refractivity contribution is 5.19. The quantitative estimate of drug-likeness (QED) is 0.646. The molecule has 0 radical (unpaired) electrons. The maximum absolute atomic E-state index is 3.48. The van der Waals surface area contributed by atoms with Crippen LogP contribution in [0.25, 0.3) is 0 Å². The van der Waals surface area contributed by atoms with Crippen LogP contribution in [0.2, 0.25) is 0 Å². The summed E-state index contributed by atoms with van der Waals surface area (Å²) in [6.07, 6.45) is 2.51. The van der Waals surface area contributed by atoms with Crippen LogP contribution in [0.4, 0.5) is 0 Å². The summed E-state index contributed by atoms with van der Waals surface area (Å²) in [5, 5.41) is 3.48. The molecule has 0 unspecified atom stereocenters. The second-order valence-corrected chi connectivity index (χ2v) is 4.61. The van der Waals surface area contributed by atoms with Crippen LogP contribution in [0, 0.1) is 11.8 Å². The molecule has 0 atom stereocenters. The third kappa shape index (κ3) is 2.84. The minimum Gasteiger partial charge on any atom is -0.316 e. The Morgan fingerprint density at radius 3 is 1.54 bits per heavy atom. The van der Waals surface area contributed by atoms with Gasteiger partial charge < -0.3 is 5.32 Å². The van der Waals surface area contributed by atoms with Gasteiger partial charge in [0.1, 0.15) is 0 Å². The highest BCUT2D eigenvalue weighted by Gasteiger charge is 2.15. The van der Waals surface area contributed by atoms with Crippen molar-refractivity contribution in [3.05, 3.63) is 11.1 Å². The van der Waals surface area contributed by atoms with Crippen LogP contribution in [0.3, 0.4) is 0 Å². The fourth-order valence-corrected chi connectivity index (χ4v) is 2.21. The zero-order valence-corrected chi connectivity index (χ0v) is 9.48. The molecule has 1 aliphatic heterocycles. The average molecular weight is 181 g/mol. The zero-order chi connectivity index (χ0) is 9.84. The van der Waals surface area contributed by atoms with Gasteiger partial charge in [-0.2, -0.15) is 0 Å². The Kier molecular flexibility index (Phi) is 3.98. The second kappa shape index (κ2) is 4.80. The maximum atomic E-state index is 3.48. The van der Waals surface area contributed by atoms with Gasteiger partial charge in [-0.05, 0) is 37.8 Å². The van der Waals surface area contributed by atoms with Gasteiger partial charge in [0.2, 0.25) is 0 Å². The molecule has 0 aromatic rings. The standard InChI is InChI=1S/C12H23N/c1-9(2)11-5-7-13-8-6-12(11)10(3)4/h9-10,13H,5-8H2,1-4H3. The molecule has 1 heteroatoms. The molecule has 0 saturated carbocycles. The minimum absolute atomic E-state index is 0.734. The van der Waals surface area contributed by atoms with E-state index in [2.05, 4.69) is 33.0 Å². The molecule has 0 aromatic carbocycles. The summed E-state index contributed by atoms with van der Waals surface area (Å²) < 4.78 is 0. The van der Waals surface area contributed by atoms with E-state index in [1.54, 1.807) is 11.1 Å². The van der Waals surface area contributed by atoms with Gasteiger partial charge in [-0.25, -0.2) is 0 Å². The Morgan fingerprint density at radius 2 is 1.23 bits per heavy atom. The monoisotopic (exact) mass is 181 g/mol. The van der Waals surface area contributed by atoms with Crippen molar-refractivity contribution in [2.75, 3.05) is 13.1 Å². The highest BCUT2D eigenvalue weighted by atomic mass is 14.8. The Labute approximate surface area is 82.6 Å². The highest BCUT2D eigenvalue weighted by Crippen LogP contribution is 2.27. The Morgan fingerprint density at radius 1 is 0.846 bits per heavy atom. The Balaban J connectivity index is 2.85. The first-order chi connectivity index (χ1) is 6.13. The lowest BCUT2D eigenvalue weighted by Crippen LogP contribution is -2.14. The summed E-state index contributed by atoms with van der Waals surface area (Å²) in [6.45, 7) is 11.6. The summed E-state index contributed by atoms with van der Waals surface area (Å²) in [4.78, 5) is 0. The largest absolute Gasteiger partial charge is 0.316 e. The Bertz CT molecular complexity index is 169. The molecular formula is C12H23N. The third-order valence-corrected chi connectivity index (χ3v) is 2.95. The molecule has 13 heavy (non-hydrogen) atoms. The molecule has 1 rings (SSSR count). The summed E-state index contributed by atoms with van der Waals surface area (Å²) >= 11 is 0. The van der Waals surface area contributed by atoms with E-state index in [1.165, 1.54) is 25.9 Å². The molecule has 1 nitrogen and oxygen atoms in total. The van der Waals surface area contributed by atoms with Gasteiger partial charge in [0.25, 0.3) is 0 Å². The first kappa shape index (κ1) is 10.8. The average Bonchev–Trinajstić information content (AvgIpc) is 2.27. The van der Waals surface area contributed by atoms with Crippen molar-refractivity contribution in [3.8, 4) is 0 Å². The van der Waals surface area contributed by atoms with E-state index in [0.29, 0.717) is 0 Å². The van der Waals surface area contributed by atoms with Crippen LogP contribution in [-0.2, 0) is 0 Å². The van der Waals surface area contributed by atoms with Gasteiger partial charge in [0.05, 0.1) is 0 Å². The van der Waals surface area contributed by atoms with Crippen molar-refractivity contribution < 1.29 is 0 Å². The molecule has 0 aromatic heterocycles. The van der Waals surface area contributed by atoms with Crippen molar-refractivity contribution in [2.45, 2.75) is 40.5 Å². The van der Waals surface area contributed by atoms with Gasteiger partial charge in [-0.15, -0.1) is 0 Å². The van der Waals surface area contributed by atoms with Crippen molar-refractivity contribution in [1.29, 1.82) is 0 Å². The molecule has 1 N–H and O–H groups in total. The number of hydrogen-bond acceptors (Lipinski definition) is 1. The van der Waals surface area contributed by atoms with Gasteiger partial charge in [-0.3, -0.25) is 0 Å². The molecule has 0 fully saturated rings. The molecule has 1 aliphatic rings. The van der Waals surface area contributed by atoms with Crippen LogP contribution in [0.15, 0.2) is 11.1 Å². The van der Waals surface area contributed by atoms with Gasteiger partial charge >= 0.3 is 0 Å². The van der Waals surface area contributed by atoms with Crippen LogP contribution in [-0.4, -0.2) is 13.1 Å². The van der Waals surface area contributed by atoms with E-state index in [9.17, 15) is 0 Å². The summed E-state index contributed by atoms with van der Waals surface area (Å²) in [7, 11) is 0. The second-order valence-electron chi connectivity index (χ2n) is 4.61. The molecule has 76 valence electrons. The minimum atomic E-state index is 0.734. The first-order valence-electron chi connectivity index (χ1n) is 5.55. The maximum Gasteiger partial charge on any atom is -0.00113 e. The van der Waals surface area contributed by atoms with Gasteiger partial charge in [0, 0.05) is 0 Å². The fourth-order valence-electron chi connectivity index (χ4n) is 2.21. The van der Waals surface area contributed by atoms with Crippen LogP contribution in [0.5, 0.6) is 0 Å². The molecule has 1 heterocycles. The fraction of sp³-hybridized carbons (Fsp3) is 0.833. The predicted octanol–water partition coefficient (Wildman–Crippen LogP) is 2.98. The first-order valence-corrected chi connectivity index (χ1v) is 5.55. The van der Waals surface area contributed by atoms with Crippen molar-refractivity contribution >= 4 is 0 Å². The third-order valence-electron chi connectivity index (χ3n) is 2.95. The topological polar surface area (TPSA) is 12.0 Å². The lowest BCUT2D eigenvalue weighted by molar-refractivity contribution is 0.653. The smallest absolute Gasteiger partial charge is 0.00113 e. The molecule has 0 amide bonds. The molecule has 0 aliphatic carbocycles. The van der Waals surface area contributed by atoms with Crippen LogP contribution < -0.4 is 5.32 Å². The van der Waals surface area contributed by atoms with Crippen molar-refractivity contribution in [3.63, 3.8) is 0 Å². The van der Waals surface area contributed by atoms with E-state index >= 15 is 0 Å². The summed E-state index contributed by atoms with van der Waals surface area (Å²) in [6, 6.07) is 0. The van der Waals surface area contributed by atoms with E-state index in [-0.39, 0.29) is 0 Å². The molecule has 0 bridgehead atoms. The number of nitrogens with one attached hydrogen (secondary N) is 1. The van der Waals surface area contributed by atoms with E-state index in [1.807, 2.05) is 0 Å². The summed E-state index contributed by atoms with van der Waals surface area (Å²) in [5.74, 6) is 1.47. The van der Waals surface area contributed by atoms with Crippen molar-refractivity contribution in [1.82, 2.24) is 5.32 Å². The van der Waals surface area contributed by atoms with Gasteiger partial charge in [0.15, 0.2) is 0 Å². The zero-order valence-electron chi connectivity index (χ0n) is 9.48. The SMILES string of the molecule is CC(C)C1=C(C(C)C)CCNCC1. The van der Waals surface area contributed by atoms with E-state index in [0.717, 1.165) is 11.8 Å². The number of rotatable bonds is 2. The van der Waals surface area contributed by atoms with Crippen molar-refractivity contribution in [2.24, 2.45) is 11.8 Å².